The number of rotatable bonds is 4. The van der Waals surface area contributed by atoms with Crippen molar-refractivity contribution in [2.24, 2.45) is 0 Å². The van der Waals surface area contributed by atoms with Crippen LogP contribution in [0.4, 0.5) is 4.39 Å². The number of halogens is 2. The molecule has 1 unspecified atom stereocenters. The highest BCUT2D eigenvalue weighted by molar-refractivity contribution is 7.16. The van der Waals surface area contributed by atoms with Gasteiger partial charge >= 0.3 is 0 Å². The zero-order chi connectivity index (χ0) is 22.5. The van der Waals surface area contributed by atoms with Crippen LogP contribution in [0.25, 0.3) is 5.82 Å². The first kappa shape index (κ1) is 22.0. The number of hydrogen-bond donors (Lipinski definition) is 0. The molecule has 1 atom stereocenters. The van der Waals surface area contributed by atoms with Gasteiger partial charge in [0.05, 0.1) is 16.6 Å². The first-order valence-electron chi connectivity index (χ1n) is 11.2. The quantitative estimate of drug-likeness (QED) is 0.496. The third-order valence-electron chi connectivity index (χ3n) is 6.82. The summed E-state index contributed by atoms with van der Waals surface area (Å²) >= 11 is 7.75. The molecule has 0 saturated carbocycles. The van der Waals surface area contributed by atoms with Crippen LogP contribution in [0.1, 0.15) is 54.0 Å². The van der Waals surface area contributed by atoms with Crippen molar-refractivity contribution in [1.29, 1.82) is 0 Å². The molecule has 3 aromatic rings. The van der Waals surface area contributed by atoms with Crippen LogP contribution in [0.2, 0.25) is 4.34 Å². The number of aryl methyl sites for hydroxylation is 2. The van der Waals surface area contributed by atoms with Crippen LogP contribution in [0.3, 0.4) is 0 Å². The van der Waals surface area contributed by atoms with E-state index in [0.717, 1.165) is 55.3 Å². The molecular formula is C24H28ClFN4OS. The molecule has 5 rings (SSSR count). The number of ether oxygens (including phenoxy) is 1. The average molecular weight is 475 g/mol. The van der Waals surface area contributed by atoms with Gasteiger partial charge in [0, 0.05) is 48.0 Å². The minimum atomic E-state index is -1.48. The zero-order valence-corrected chi connectivity index (χ0v) is 20.3. The molecule has 0 bridgehead atoms. The molecule has 2 aliphatic heterocycles. The van der Waals surface area contributed by atoms with Gasteiger partial charge < -0.3 is 4.74 Å². The van der Waals surface area contributed by atoms with Crippen LogP contribution in [0, 0.1) is 6.92 Å². The molecule has 0 radical (unpaired) electrons. The van der Waals surface area contributed by atoms with Crippen molar-refractivity contribution in [2.75, 3.05) is 19.7 Å². The number of nitrogens with zero attached hydrogens (tertiary/aromatic N) is 4. The van der Waals surface area contributed by atoms with E-state index in [1.165, 1.54) is 22.5 Å². The smallest absolute Gasteiger partial charge is 0.157 e. The molecule has 32 heavy (non-hydrogen) atoms. The average Bonchev–Trinajstić information content (AvgIpc) is 3.37. The van der Waals surface area contributed by atoms with Gasteiger partial charge in [0.15, 0.2) is 11.5 Å². The lowest BCUT2D eigenvalue weighted by molar-refractivity contribution is -0.138. The summed E-state index contributed by atoms with van der Waals surface area (Å²) in [5, 5.41) is 4.73. The van der Waals surface area contributed by atoms with Crippen LogP contribution < -0.4 is 0 Å². The van der Waals surface area contributed by atoms with Crippen molar-refractivity contribution in [3.63, 3.8) is 0 Å². The molecule has 1 spiro atoms. The van der Waals surface area contributed by atoms with Crippen LogP contribution in [-0.2, 0) is 29.0 Å². The van der Waals surface area contributed by atoms with Gasteiger partial charge in [-0.3, -0.25) is 4.90 Å². The Morgan fingerprint density at radius 2 is 2.06 bits per heavy atom. The first-order chi connectivity index (χ1) is 15.3. The summed E-state index contributed by atoms with van der Waals surface area (Å²) in [5.41, 5.74) is 2.23. The normalized spacial score (nSPS) is 22.9. The number of piperidine rings is 1. The van der Waals surface area contributed by atoms with E-state index in [-0.39, 0.29) is 6.61 Å². The Hall–Kier alpha value is -1.80. The largest absolute Gasteiger partial charge is 0.366 e. The third-order valence-corrected chi connectivity index (χ3v) is 8.27. The standard InChI is InChI=1S/C24H28ClFN4OS/c1-4-17-6-5-9-27-22(17)30-14-18(16(2)28-30)13-29-10-7-24(8-11-29)21-19(12-20(25)32-21)23(3,26)15-31-24/h5-6,9,12,14H,4,7-8,10-11,13,15H2,1-3H3. The summed E-state index contributed by atoms with van der Waals surface area (Å²) in [5.74, 6) is 0.897. The van der Waals surface area contributed by atoms with E-state index in [9.17, 15) is 0 Å². The van der Waals surface area contributed by atoms with Gasteiger partial charge in [0.2, 0.25) is 0 Å². The van der Waals surface area contributed by atoms with E-state index in [1.807, 2.05) is 16.9 Å². The number of aromatic nitrogens is 3. The molecule has 2 aliphatic rings. The monoisotopic (exact) mass is 474 g/mol. The lowest BCUT2D eigenvalue weighted by atomic mass is 9.81. The predicted octanol–water partition coefficient (Wildman–Crippen LogP) is 5.56. The number of pyridine rings is 1. The van der Waals surface area contributed by atoms with Crippen LogP contribution in [-0.4, -0.2) is 39.4 Å². The van der Waals surface area contributed by atoms with Crippen molar-refractivity contribution >= 4 is 22.9 Å². The van der Waals surface area contributed by atoms with Gasteiger partial charge in [0.1, 0.15) is 5.60 Å². The minimum absolute atomic E-state index is 0.0861. The molecule has 0 N–H and O–H groups in total. The molecule has 0 aromatic carbocycles. The van der Waals surface area contributed by atoms with E-state index in [4.69, 9.17) is 21.4 Å². The zero-order valence-electron chi connectivity index (χ0n) is 18.7. The summed E-state index contributed by atoms with van der Waals surface area (Å²) in [6.45, 7) is 8.45. The summed E-state index contributed by atoms with van der Waals surface area (Å²) in [4.78, 5) is 7.95. The van der Waals surface area contributed by atoms with E-state index >= 15 is 4.39 Å². The van der Waals surface area contributed by atoms with Crippen LogP contribution in [0.15, 0.2) is 30.6 Å². The van der Waals surface area contributed by atoms with E-state index < -0.39 is 11.3 Å². The Bertz CT molecular complexity index is 1130. The summed E-state index contributed by atoms with van der Waals surface area (Å²) in [7, 11) is 0. The Kier molecular flexibility index (Phi) is 5.64. The number of thiophene rings is 1. The molecule has 170 valence electrons. The van der Waals surface area contributed by atoms with Crippen molar-refractivity contribution in [2.45, 2.75) is 57.8 Å². The fraction of sp³-hybridized carbons (Fsp3) is 0.500. The number of hydrogen-bond acceptors (Lipinski definition) is 5. The maximum atomic E-state index is 15.0. The Balaban J connectivity index is 1.32. The van der Waals surface area contributed by atoms with Gasteiger partial charge in [0.25, 0.3) is 0 Å². The SMILES string of the molecule is CCc1cccnc1-n1cc(CN2CCC3(CC2)OCC(C)(F)c2cc(Cl)sc23)c(C)n1. The van der Waals surface area contributed by atoms with Gasteiger partial charge in [-0.15, -0.1) is 11.3 Å². The molecule has 1 fully saturated rings. The van der Waals surface area contributed by atoms with Crippen LogP contribution in [0.5, 0.6) is 0 Å². The fourth-order valence-corrected chi connectivity index (χ4v) is 6.40. The van der Waals surface area contributed by atoms with Gasteiger partial charge in [-0.25, -0.2) is 14.1 Å². The number of fused-ring (bicyclic) bond motifs is 2. The Morgan fingerprint density at radius 3 is 2.81 bits per heavy atom. The molecule has 0 aliphatic carbocycles. The summed E-state index contributed by atoms with van der Waals surface area (Å²) < 4.78 is 23.8. The molecule has 5 heterocycles. The number of likely N-dealkylation sites (tertiary alicyclic amines) is 1. The minimum Gasteiger partial charge on any atom is -0.366 e. The maximum Gasteiger partial charge on any atom is 0.157 e. The van der Waals surface area contributed by atoms with Gasteiger partial charge in [-0.2, -0.15) is 5.10 Å². The van der Waals surface area contributed by atoms with E-state index in [0.29, 0.717) is 9.90 Å². The molecule has 8 heteroatoms. The second kappa shape index (κ2) is 8.20. The highest BCUT2D eigenvalue weighted by Crippen LogP contribution is 2.51. The molecule has 3 aromatic heterocycles. The van der Waals surface area contributed by atoms with Crippen LogP contribution >= 0.6 is 22.9 Å². The molecule has 5 nitrogen and oxygen atoms in total. The summed E-state index contributed by atoms with van der Waals surface area (Å²) in [6, 6.07) is 5.85. The van der Waals surface area contributed by atoms with E-state index in [2.05, 4.69) is 36.0 Å². The van der Waals surface area contributed by atoms with Gasteiger partial charge in [-0.05, 0) is 50.8 Å². The second-order valence-corrected chi connectivity index (χ2v) is 10.8. The summed E-state index contributed by atoms with van der Waals surface area (Å²) in [6.07, 6.45) is 6.50. The lowest BCUT2D eigenvalue weighted by Crippen LogP contribution is -2.48. The van der Waals surface area contributed by atoms with E-state index in [1.54, 1.807) is 13.0 Å². The second-order valence-electron chi connectivity index (χ2n) is 9.07. The molecule has 0 amide bonds. The third kappa shape index (κ3) is 3.79. The highest BCUT2D eigenvalue weighted by atomic mass is 35.5. The maximum absolute atomic E-state index is 15.0. The topological polar surface area (TPSA) is 43.2 Å². The van der Waals surface area contributed by atoms with Gasteiger partial charge in [-0.1, -0.05) is 24.6 Å². The first-order valence-corrected chi connectivity index (χ1v) is 12.4. The molecule has 1 saturated heterocycles. The Labute approximate surface area is 197 Å². The Morgan fingerprint density at radius 1 is 1.28 bits per heavy atom. The lowest BCUT2D eigenvalue weighted by Gasteiger charge is -2.46. The predicted molar refractivity (Wildman–Crippen MR) is 125 cm³/mol. The highest BCUT2D eigenvalue weighted by Gasteiger charge is 2.49. The van der Waals surface area contributed by atoms with Crippen molar-refractivity contribution < 1.29 is 9.13 Å². The van der Waals surface area contributed by atoms with Crippen molar-refractivity contribution in [3.8, 4) is 5.82 Å². The molecular weight excluding hydrogens is 447 g/mol. The van der Waals surface area contributed by atoms with Crippen molar-refractivity contribution in [1.82, 2.24) is 19.7 Å². The van der Waals surface area contributed by atoms with Crippen molar-refractivity contribution in [3.05, 3.63) is 62.2 Å². The number of alkyl halides is 1. The fourth-order valence-electron chi connectivity index (χ4n) is 4.86.